The lowest BCUT2D eigenvalue weighted by Gasteiger charge is -2.05. The highest BCUT2D eigenvalue weighted by atomic mass is 79.9. The predicted octanol–water partition coefficient (Wildman–Crippen LogP) is 3.47. The number of carbonyl (C=O) groups is 1. The van der Waals surface area contributed by atoms with Crippen LogP contribution in [-0.4, -0.2) is 13.1 Å². The van der Waals surface area contributed by atoms with Crippen molar-refractivity contribution < 1.29 is 9.53 Å². The van der Waals surface area contributed by atoms with Crippen LogP contribution in [0.5, 0.6) is 0 Å². The zero-order chi connectivity index (χ0) is 10.7. The molecule has 0 aliphatic carbocycles. The largest absolute Gasteiger partial charge is 0.469 e. The van der Waals surface area contributed by atoms with Gasteiger partial charge in [-0.25, -0.2) is 0 Å². The summed E-state index contributed by atoms with van der Waals surface area (Å²) in [6.45, 7) is 0. The minimum atomic E-state index is -0.342. The fourth-order valence-corrected chi connectivity index (χ4v) is 1.79. The number of carbonyl (C=O) groups excluding carboxylic acids is 1. The van der Waals surface area contributed by atoms with Crippen LogP contribution < -0.4 is 0 Å². The molecule has 0 aliphatic rings. The smallest absolute Gasteiger partial charge is 0.310 e. The van der Waals surface area contributed by atoms with E-state index in [1.54, 1.807) is 12.1 Å². The van der Waals surface area contributed by atoms with E-state index in [1.807, 2.05) is 0 Å². The number of methoxy groups -OCH3 is 1. The Morgan fingerprint density at radius 2 is 2.07 bits per heavy atom. The molecule has 0 heterocycles. The lowest BCUT2D eigenvalue weighted by atomic mass is 10.1. The van der Waals surface area contributed by atoms with E-state index >= 15 is 0 Å². The molecule has 0 saturated carbocycles. The summed E-state index contributed by atoms with van der Waals surface area (Å²) in [5.41, 5.74) is 0.659. The third-order valence-corrected chi connectivity index (χ3v) is 3.49. The summed E-state index contributed by atoms with van der Waals surface area (Å²) in [5.74, 6) is -0.342. The van der Waals surface area contributed by atoms with E-state index in [9.17, 15) is 4.79 Å². The second kappa shape index (κ2) is 5.01. The van der Waals surface area contributed by atoms with Crippen LogP contribution in [0.2, 0.25) is 10.0 Å². The monoisotopic (exact) mass is 296 g/mol. The molecule has 0 radical (unpaired) electrons. The van der Waals surface area contributed by atoms with Gasteiger partial charge in [0.05, 0.1) is 23.6 Å². The van der Waals surface area contributed by atoms with Gasteiger partial charge in [0, 0.05) is 4.47 Å². The Bertz CT molecular complexity index is 366. The van der Waals surface area contributed by atoms with Crippen LogP contribution in [0.1, 0.15) is 5.56 Å². The molecule has 0 aliphatic heterocycles. The highest BCUT2D eigenvalue weighted by Gasteiger charge is 2.11. The number of halogens is 3. The maximum Gasteiger partial charge on any atom is 0.310 e. The van der Waals surface area contributed by atoms with E-state index < -0.39 is 0 Å². The van der Waals surface area contributed by atoms with Crippen LogP contribution in [0, 0.1) is 0 Å². The number of hydrogen-bond acceptors (Lipinski definition) is 2. The number of ether oxygens (including phenoxy) is 1. The van der Waals surface area contributed by atoms with Gasteiger partial charge in [0.15, 0.2) is 0 Å². The van der Waals surface area contributed by atoms with E-state index in [-0.39, 0.29) is 12.4 Å². The van der Waals surface area contributed by atoms with Crippen LogP contribution in [0.3, 0.4) is 0 Å². The molecule has 0 bridgehead atoms. The second-order valence-corrected chi connectivity index (χ2v) is 4.20. The lowest BCUT2D eigenvalue weighted by Crippen LogP contribution is -2.04. The molecular weight excluding hydrogens is 291 g/mol. The van der Waals surface area contributed by atoms with Crippen molar-refractivity contribution in [3.8, 4) is 0 Å². The van der Waals surface area contributed by atoms with Crippen LogP contribution >= 0.6 is 39.1 Å². The van der Waals surface area contributed by atoms with Crippen molar-refractivity contribution in [2.75, 3.05) is 7.11 Å². The van der Waals surface area contributed by atoms with Crippen LogP contribution in [0.4, 0.5) is 0 Å². The van der Waals surface area contributed by atoms with E-state index in [1.165, 1.54) is 7.11 Å². The normalized spacial score (nSPS) is 10.0. The van der Waals surface area contributed by atoms with Crippen molar-refractivity contribution in [3.63, 3.8) is 0 Å². The van der Waals surface area contributed by atoms with Crippen molar-refractivity contribution in [2.24, 2.45) is 0 Å². The van der Waals surface area contributed by atoms with Crippen LogP contribution in [0.25, 0.3) is 0 Å². The SMILES string of the molecule is COC(=O)Cc1ccc(Br)c(Cl)c1Cl. The van der Waals surface area contributed by atoms with Gasteiger partial charge in [-0.2, -0.15) is 0 Å². The Hall–Kier alpha value is -0.250. The fraction of sp³-hybridized carbons (Fsp3) is 0.222. The van der Waals surface area contributed by atoms with Crippen LogP contribution in [-0.2, 0) is 16.0 Å². The van der Waals surface area contributed by atoms with E-state index in [0.717, 1.165) is 0 Å². The van der Waals surface area contributed by atoms with E-state index in [2.05, 4.69) is 20.7 Å². The molecule has 0 saturated heterocycles. The molecule has 1 rings (SSSR count). The number of hydrogen-bond donors (Lipinski definition) is 0. The van der Waals surface area contributed by atoms with E-state index in [0.29, 0.717) is 20.1 Å². The topological polar surface area (TPSA) is 26.3 Å². The van der Waals surface area contributed by atoms with Gasteiger partial charge >= 0.3 is 5.97 Å². The summed E-state index contributed by atoms with van der Waals surface area (Å²) < 4.78 is 5.23. The Balaban J connectivity index is 3.00. The first-order chi connectivity index (χ1) is 6.56. The zero-order valence-corrected chi connectivity index (χ0v) is 10.4. The molecular formula is C9H7BrCl2O2. The third kappa shape index (κ3) is 2.62. The molecule has 0 amide bonds. The molecule has 0 unspecified atom stereocenters. The predicted molar refractivity (Wildman–Crippen MR) is 59.9 cm³/mol. The molecule has 76 valence electrons. The van der Waals surface area contributed by atoms with Crippen molar-refractivity contribution in [2.45, 2.75) is 6.42 Å². The highest BCUT2D eigenvalue weighted by molar-refractivity contribution is 9.10. The molecule has 1 aromatic carbocycles. The van der Waals surface area contributed by atoms with Gasteiger partial charge < -0.3 is 4.74 Å². The van der Waals surface area contributed by atoms with Gasteiger partial charge in [0.2, 0.25) is 0 Å². The van der Waals surface area contributed by atoms with Gasteiger partial charge in [-0.15, -0.1) is 0 Å². The van der Waals surface area contributed by atoms with Gasteiger partial charge in [-0.05, 0) is 27.6 Å². The maximum absolute atomic E-state index is 11.0. The first-order valence-electron chi connectivity index (χ1n) is 3.75. The quantitative estimate of drug-likeness (QED) is 0.617. The number of rotatable bonds is 2. The average molecular weight is 298 g/mol. The second-order valence-electron chi connectivity index (χ2n) is 2.59. The fourth-order valence-electron chi connectivity index (χ4n) is 0.930. The molecule has 2 nitrogen and oxygen atoms in total. The standard InChI is InChI=1S/C9H7BrCl2O2/c1-14-7(13)4-5-2-3-6(10)9(12)8(5)11/h2-3H,4H2,1H3. The Morgan fingerprint density at radius 1 is 1.43 bits per heavy atom. The molecule has 0 fully saturated rings. The first-order valence-corrected chi connectivity index (χ1v) is 5.30. The lowest BCUT2D eigenvalue weighted by molar-refractivity contribution is -0.139. The summed E-state index contributed by atoms with van der Waals surface area (Å²) in [5, 5.41) is 0.791. The maximum atomic E-state index is 11.0. The highest BCUT2D eigenvalue weighted by Crippen LogP contribution is 2.33. The summed E-state index contributed by atoms with van der Waals surface area (Å²) >= 11 is 15.0. The number of benzene rings is 1. The van der Waals surface area contributed by atoms with Crippen molar-refractivity contribution in [1.29, 1.82) is 0 Å². The Kier molecular flexibility index (Phi) is 4.23. The van der Waals surface area contributed by atoms with Crippen molar-refractivity contribution >= 4 is 45.1 Å². The number of esters is 1. The van der Waals surface area contributed by atoms with Gasteiger partial charge in [0.25, 0.3) is 0 Å². The molecule has 0 spiro atoms. The molecule has 0 atom stereocenters. The molecule has 0 N–H and O–H groups in total. The Labute approximate surface area is 100 Å². The van der Waals surface area contributed by atoms with Crippen molar-refractivity contribution in [1.82, 2.24) is 0 Å². The molecule has 5 heteroatoms. The minimum Gasteiger partial charge on any atom is -0.469 e. The average Bonchev–Trinajstić information content (AvgIpc) is 2.19. The summed E-state index contributed by atoms with van der Waals surface area (Å²) in [6, 6.07) is 3.47. The van der Waals surface area contributed by atoms with Gasteiger partial charge in [0.1, 0.15) is 0 Å². The third-order valence-electron chi connectivity index (χ3n) is 1.68. The molecule has 14 heavy (non-hydrogen) atoms. The van der Waals surface area contributed by atoms with Gasteiger partial charge in [-0.3, -0.25) is 4.79 Å². The zero-order valence-electron chi connectivity index (χ0n) is 7.31. The Morgan fingerprint density at radius 3 is 2.64 bits per heavy atom. The summed E-state index contributed by atoms with van der Waals surface area (Å²) in [7, 11) is 1.33. The molecule has 0 aromatic heterocycles. The first kappa shape index (κ1) is 11.8. The van der Waals surface area contributed by atoms with Crippen LogP contribution in [0.15, 0.2) is 16.6 Å². The summed E-state index contributed by atoms with van der Waals surface area (Å²) in [6.07, 6.45) is 0.127. The van der Waals surface area contributed by atoms with Gasteiger partial charge in [-0.1, -0.05) is 29.3 Å². The minimum absolute atomic E-state index is 0.127. The summed E-state index contributed by atoms with van der Waals surface area (Å²) in [4.78, 5) is 11.0. The molecule has 1 aromatic rings. The van der Waals surface area contributed by atoms with E-state index in [4.69, 9.17) is 23.2 Å². The van der Waals surface area contributed by atoms with Crippen molar-refractivity contribution in [3.05, 3.63) is 32.2 Å².